The minimum absolute atomic E-state index is 0.0629. The Morgan fingerprint density at radius 3 is 2.52 bits per heavy atom. The molecule has 0 heterocycles. The Bertz CT molecular complexity index is 579. The predicted octanol–water partition coefficient (Wildman–Crippen LogP) is 4.32. The number of anilines is 1. The number of hydrogen-bond acceptors (Lipinski definition) is 3. The van der Waals surface area contributed by atoms with Crippen molar-refractivity contribution in [1.82, 2.24) is 4.72 Å². The third-order valence-corrected chi connectivity index (χ3v) is 6.10. The molecule has 0 radical (unpaired) electrons. The Kier molecular flexibility index (Phi) is 7.47. The van der Waals surface area contributed by atoms with Gasteiger partial charge in [-0.05, 0) is 40.9 Å². The summed E-state index contributed by atoms with van der Waals surface area (Å²) in [6.07, 6.45) is 4.60. The van der Waals surface area contributed by atoms with Gasteiger partial charge in [-0.15, -0.1) is 0 Å². The molecular weight excluding hydrogens is 376 g/mol. The fourth-order valence-electron chi connectivity index (χ4n) is 2.12. The van der Waals surface area contributed by atoms with E-state index in [0.717, 1.165) is 32.1 Å². The summed E-state index contributed by atoms with van der Waals surface area (Å²) in [5.41, 5.74) is 6.07. The second kappa shape index (κ2) is 8.36. The molecule has 0 spiro atoms. The Hall–Kier alpha value is -0.300. The largest absolute Gasteiger partial charge is 0.398 e. The molecule has 0 bridgehead atoms. The second-order valence-corrected chi connectivity index (χ2v) is 7.97. The topological polar surface area (TPSA) is 72.2 Å². The lowest BCUT2D eigenvalue weighted by molar-refractivity contribution is 0.483. The average Bonchev–Trinajstić information content (AvgIpc) is 2.40. The Balaban J connectivity index is 3.04. The number of nitrogens with one attached hydrogen (secondary N) is 1. The second-order valence-electron chi connectivity index (χ2n) is 5.06. The van der Waals surface area contributed by atoms with E-state index in [1.165, 1.54) is 12.1 Å². The molecule has 0 aliphatic rings. The van der Waals surface area contributed by atoms with E-state index in [-0.39, 0.29) is 10.9 Å². The Morgan fingerprint density at radius 1 is 1.29 bits per heavy atom. The van der Waals surface area contributed by atoms with Crippen molar-refractivity contribution < 1.29 is 8.42 Å². The highest BCUT2D eigenvalue weighted by Gasteiger charge is 2.23. The minimum atomic E-state index is -3.65. The van der Waals surface area contributed by atoms with E-state index in [1.807, 2.05) is 6.92 Å². The van der Waals surface area contributed by atoms with Crippen LogP contribution in [0, 0.1) is 0 Å². The molecule has 0 fully saturated rings. The van der Waals surface area contributed by atoms with Crippen molar-refractivity contribution in [3.63, 3.8) is 0 Å². The van der Waals surface area contributed by atoms with Crippen LogP contribution in [0.2, 0.25) is 5.02 Å². The molecule has 1 aromatic carbocycles. The molecule has 1 unspecified atom stereocenters. The molecule has 0 amide bonds. The van der Waals surface area contributed by atoms with Crippen molar-refractivity contribution in [2.45, 2.75) is 56.9 Å². The van der Waals surface area contributed by atoms with Crippen LogP contribution in [0.25, 0.3) is 0 Å². The van der Waals surface area contributed by atoms with Gasteiger partial charge in [-0.3, -0.25) is 0 Å². The molecule has 0 aromatic heterocycles. The summed E-state index contributed by atoms with van der Waals surface area (Å²) < 4.78 is 28.2. The van der Waals surface area contributed by atoms with Gasteiger partial charge in [0.05, 0.1) is 9.37 Å². The summed E-state index contributed by atoms with van der Waals surface area (Å²) in [5.74, 6) is 0. The monoisotopic (exact) mass is 396 g/mol. The number of unbranched alkanes of at least 4 members (excludes halogenated alkanes) is 1. The van der Waals surface area contributed by atoms with Gasteiger partial charge in [-0.25, -0.2) is 13.1 Å². The van der Waals surface area contributed by atoms with E-state index in [0.29, 0.717) is 15.2 Å². The van der Waals surface area contributed by atoms with Crippen LogP contribution in [0.3, 0.4) is 0 Å². The van der Waals surface area contributed by atoms with E-state index in [9.17, 15) is 8.42 Å². The van der Waals surface area contributed by atoms with E-state index in [2.05, 4.69) is 27.6 Å². The molecule has 21 heavy (non-hydrogen) atoms. The fourth-order valence-corrected chi connectivity index (χ4v) is 4.72. The number of hydrogen-bond donors (Lipinski definition) is 2. The van der Waals surface area contributed by atoms with Gasteiger partial charge >= 0.3 is 0 Å². The van der Waals surface area contributed by atoms with Crippen LogP contribution >= 0.6 is 27.5 Å². The maximum Gasteiger partial charge on any atom is 0.242 e. The van der Waals surface area contributed by atoms with Crippen LogP contribution in [0.1, 0.15) is 46.0 Å². The molecule has 0 saturated heterocycles. The molecule has 1 atom stereocenters. The van der Waals surface area contributed by atoms with Crippen LogP contribution in [-0.2, 0) is 10.0 Å². The van der Waals surface area contributed by atoms with Crippen LogP contribution < -0.4 is 10.5 Å². The summed E-state index contributed by atoms with van der Waals surface area (Å²) in [6.45, 7) is 4.13. The number of halogens is 2. The highest BCUT2D eigenvalue weighted by Crippen LogP contribution is 2.31. The van der Waals surface area contributed by atoms with E-state index in [4.69, 9.17) is 17.3 Å². The van der Waals surface area contributed by atoms with Gasteiger partial charge in [0.2, 0.25) is 10.0 Å². The lowest BCUT2D eigenvalue weighted by Crippen LogP contribution is -2.35. The summed E-state index contributed by atoms with van der Waals surface area (Å²) in [7, 11) is -3.65. The lowest BCUT2D eigenvalue weighted by Gasteiger charge is -2.19. The van der Waals surface area contributed by atoms with E-state index >= 15 is 0 Å². The maximum absolute atomic E-state index is 12.6. The molecule has 4 nitrogen and oxygen atoms in total. The van der Waals surface area contributed by atoms with Crippen LogP contribution in [0.5, 0.6) is 0 Å². The van der Waals surface area contributed by atoms with E-state index < -0.39 is 10.0 Å². The number of sulfonamides is 1. The molecular formula is C14H22BrClN2O2S. The van der Waals surface area contributed by atoms with Gasteiger partial charge < -0.3 is 5.73 Å². The van der Waals surface area contributed by atoms with Gasteiger partial charge in [0.25, 0.3) is 0 Å². The zero-order chi connectivity index (χ0) is 16.0. The standard InChI is InChI=1S/C14H22BrClN2O2S/c1-3-5-7-11(6-4-2)18-21(19,20)13-9-10(16)8-12(17)14(13)15/h8-9,11,18H,3-7,17H2,1-2H3. The number of rotatable bonds is 8. The van der Waals surface area contributed by atoms with Gasteiger partial charge in [0.15, 0.2) is 0 Å². The summed E-state index contributed by atoms with van der Waals surface area (Å²) in [5, 5.41) is 0.302. The van der Waals surface area contributed by atoms with Crippen molar-refractivity contribution in [2.75, 3.05) is 5.73 Å². The van der Waals surface area contributed by atoms with Crippen LogP contribution in [-0.4, -0.2) is 14.5 Å². The van der Waals surface area contributed by atoms with Crippen molar-refractivity contribution >= 4 is 43.2 Å². The number of nitrogen functional groups attached to an aromatic ring is 1. The smallest absolute Gasteiger partial charge is 0.242 e. The first kappa shape index (κ1) is 18.7. The van der Waals surface area contributed by atoms with Gasteiger partial charge in [0, 0.05) is 16.8 Å². The third kappa shape index (κ3) is 5.43. The molecule has 7 heteroatoms. The summed E-state index contributed by atoms with van der Waals surface area (Å²) in [6, 6.07) is 2.87. The zero-order valence-corrected chi connectivity index (χ0v) is 15.5. The first-order chi connectivity index (χ1) is 9.81. The van der Waals surface area contributed by atoms with Crippen LogP contribution in [0.15, 0.2) is 21.5 Å². The van der Waals surface area contributed by atoms with Crippen molar-refractivity contribution in [1.29, 1.82) is 0 Å². The lowest BCUT2D eigenvalue weighted by atomic mass is 10.1. The van der Waals surface area contributed by atoms with E-state index in [1.54, 1.807) is 0 Å². The van der Waals surface area contributed by atoms with Crippen molar-refractivity contribution in [2.24, 2.45) is 0 Å². The molecule has 120 valence electrons. The third-order valence-electron chi connectivity index (χ3n) is 3.19. The molecule has 0 saturated carbocycles. The zero-order valence-electron chi connectivity index (χ0n) is 12.3. The fraction of sp³-hybridized carbons (Fsp3) is 0.571. The maximum atomic E-state index is 12.6. The highest BCUT2D eigenvalue weighted by atomic mass is 79.9. The predicted molar refractivity (Wildman–Crippen MR) is 92.1 cm³/mol. The Labute approximate surface area is 140 Å². The first-order valence-electron chi connectivity index (χ1n) is 7.08. The van der Waals surface area contributed by atoms with Gasteiger partial charge in [0.1, 0.15) is 0 Å². The molecule has 0 aliphatic heterocycles. The molecule has 3 N–H and O–H groups in total. The molecule has 1 aromatic rings. The highest BCUT2D eigenvalue weighted by molar-refractivity contribution is 9.10. The normalized spacial score (nSPS) is 13.3. The van der Waals surface area contributed by atoms with Gasteiger partial charge in [-0.1, -0.05) is 44.7 Å². The SMILES string of the molecule is CCCCC(CCC)NS(=O)(=O)c1cc(Cl)cc(N)c1Br. The molecule has 1 rings (SSSR count). The summed E-state index contributed by atoms with van der Waals surface area (Å²) >= 11 is 9.15. The first-order valence-corrected chi connectivity index (χ1v) is 9.74. The number of nitrogens with two attached hydrogens (primary N) is 1. The summed E-state index contributed by atoms with van der Waals surface area (Å²) in [4.78, 5) is 0.0881. The minimum Gasteiger partial charge on any atom is -0.398 e. The van der Waals surface area contributed by atoms with Crippen LogP contribution in [0.4, 0.5) is 5.69 Å². The van der Waals surface area contributed by atoms with Gasteiger partial charge in [-0.2, -0.15) is 0 Å². The van der Waals surface area contributed by atoms with Crippen molar-refractivity contribution in [3.05, 3.63) is 21.6 Å². The Morgan fingerprint density at radius 2 is 1.95 bits per heavy atom. The quantitative estimate of drug-likeness (QED) is 0.642. The van der Waals surface area contributed by atoms with Crippen molar-refractivity contribution in [3.8, 4) is 0 Å². The number of benzene rings is 1. The average molecular weight is 398 g/mol. The molecule has 0 aliphatic carbocycles.